The Labute approximate surface area is 137 Å². The van der Waals surface area contributed by atoms with Crippen LogP contribution in [0.1, 0.15) is 35.2 Å². The Kier molecular flexibility index (Phi) is 7.35. The average molecular weight is 326 g/mol. The van der Waals surface area contributed by atoms with Crippen molar-refractivity contribution in [1.29, 1.82) is 0 Å². The highest BCUT2D eigenvalue weighted by atomic mass is 35.5. The van der Waals surface area contributed by atoms with Crippen LogP contribution in [0.2, 0.25) is 0 Å². The van der Waals surface area contributed by atoms with Crippen molar-refractivity contribution in [2.45, 2.75) is 32.2 Å². The van der Waals surface area contributed by atoms with E-state index < -0.39 is 0 Å². The number of nitrogens with two attached hydrogens (primary N) is 1. The van der Waals surface area contributed by atoms with Crippen LogP contribution in [0.5, 0.6) is 0 Å². The highest BCUT2D eigenvalue weighted by Crippen LogP contribution is 2.23. The molecule has 1 saturated carbocycles. The molecule has 0 aromatic heterocycles. The van der Waals surface area contributed by atoms with Crippen molar-refractivity contribution in [2.75, 3.05) is 13.1 Å². The summed E-state index contributed by atoms with van der Waals surface area (Å²) in [6, 6.07) is 7.37. The van der Waals surface area contributed by atoms with Crippen molar-refractivity contribution in [3.05, 3.63) is 35.4 Å². The number of rotatable bonds is 5. The standard InChI is InChI=1S/C16H23N3O2.ClH/c1-11-5-7-12(8-6-11)15(20)18-9-10-19-16(21)13-3-2-4-14(13)17;/h5-8,13-14H,2-4,9-10,17H2,1H3,(H,18,20)(H,19,21);1H. The number of nitrogens with one attached hydrogen (secondary N) is 2. The molecule has 122 valence electrons. The Morgan fingerprint density at radius 1 is 1.14 bits per heavy atom. The molecular formula is C16H24ClN3O2. The normalized spacial score (nSPS) is 20.1. The number of hydrogen-bond acceptors (Lipinski definition) is 3. The molecular weight excluding hydrogens is 302 g/mol. The van der Waals surface area contributed by atoms with Crippen LogP contribution in [0.15, 0.2) is 24.3 Å². The first-order valence-electron chi connectivity index (χ1n) is 7.46. The van der Waals surface area contributed by atoms with Gasteiger partial charge < -0.3 is 16.4 Å². The van der Waals surface area contributed by atoms with Crippen LogP contribution >= 0.6 is 12.4 Å². The molecule has 2 unspecified atom stereocenters. The van der Waals surface area contributed by atoms with E-state index in [0.29, 0.717) is 18.7 Å². The first-order valence-corrected chi connectivity index (χ1v) is 7.46. The summed E-state index contributed by atoms with van der Waals surface area (Å²) in [6.45, 7) is 2.82. The van der Waals surface area contributed by atoms with E-state index >= 15 is 0 Å². The maximum absolute atomic E-state index is 11.9. The third-order valence-corrected chi connectivity index (χ3v) is 3.93. The molecule has 1 aliphatic rings. The number of hydrogen-bond donors (Lipinski definition) is 3. The van der Waals surface area contributed by atoms with Gasteiger partial charge in [0.15, 0.2) is 0 Å². The Balaban J connectivity index is 0.00000242. The molecule has 1 fully saturated rings. The summed E-state index contributed by atoms with van der Waals surface area (Å²) in [6.07, 6.45) is 2.80. The van der Waals surface area contributed by atoms with Crippen molar-refractivity contribution in [1.82, 2.24) is 10.6 Å². The molecule has 6 heteroatoms. The molecule has 2 amide bonds. The van der Waals surface area contributed by atoms with Crippen LogP contribution in [0.25, 0.3) is 0 Å². The number of amides is 2. The summed E-state index contributed by atoms with van der Waals surface area (Å²) in [7, 11) is 0. The maximum atomic E-state index is 11.9. The van der Waals surface area contributed by atoms with Gasteiger partial charge in [-0.2, -0.15) is 0 Å². The SMILES string of the molecule is Cc1ccc(C(=O)NCCNC(=O)C2CCCC2N)cc1.Cl. The second-order valence-corrected chi connectivity index (χ2v) is 5.61. The van der Waals surface area contributed by atoms with Gasteiger partial charge in [0, 0.05) is 24.7 Å². The van der Waals surface area contributed by atoms with Gasteiger partial charge in [-0.05, 0) is 31.9 Å². The number of aryl methyl sites for hydroxylation is 1. The van der Waals surface area contributed by atoms with E-state index in [4.69, 9.17) is 5.73 Å². The van der Waals surface area contributed by atoms with E-state index in [-0.39, 0.29) is 36.2 Å². The zero-order valence-electron chi connectivity index (χ0n) is 12.8. The molecule has 1 aromatic carbocycles. The fourth-order valence-electron chi connectivity index (χ4n) is 2.61. The lowest BCUT2D eigenvalue weighted by Crippen LogP contribution is -2.41. The van der Waals surface area contributed by atoms with Crippen molar-refractivity contribution in [3.63, 3.8) is 0 Å². The van der Waals surface area contributed by atoms with Crippen LogP contribution in [-0.4, -0.2) is 30.9 Å². The number of halogens is 1. The lowest BCUT2D eigenvalue weighted by Gasteiger charge is -2.15. The predicted molar refractivity (Wildman–Crippen MR) is 89.1 cm³/mol. The molecule has 1 aliphatic carbocycles. The van der Waals surface area contributed by atoms with Gasteiger partial charge in [0.1, 0.15) is 0 Å². The maximum Gasteiger partial charge on any atom is 0.251 e. The summed E-state index contributed by atoms with van der Waals surface area (Å²) < 4.78 is 0. The Bertz CT molecular complexity index is 505. The third-order valence-electron chi connectivity index (χ3n) is 3.93. The van der Waals surface area contributed by atoms with Gasteiger partial charge in [-0.25, -0.2) is 0 Å². The zero-order chi connectivity index (χ0) is 15.2. The van der Waals surface area contributed by atoms with E-state index in [2.05, 4.69) is 10.6 Å². The van der Waals surface area contributed by atoms with Gasteiger partial charge in [-0.1, -0.05) is 24.1 Å². The average Bonchev–Trinajstić information content (AvgIpc) is 2.90. The fraction of sp³-hybridized carbons (Fsp3) is 0.500. The number of benzene rings is 1. The van der Waals surface area contributed by atoms with Crippen LogP contribution in [0.4, 0.5) is 0 Å². The summed E-state index contributed by atoms with van der Waals surface area (Å²) in [5, 5.41) is 5.63. The van der Waals surface area contributed by atoms with E-state index in [1.807, 2.05) is 19.1 Å². The first kappa shape index (κ1) is 18.5. The molecule has 2 rings (SSSR count). The van der Waals surface area contributed by atoms with Crippen molar-refractivity contribution < 1.29 is 9.59 Å². The van der Waals surface area contributed by atoms with Gasteiger partial charge in [-0.15, -0.1) is 12.4 Å². The van der Waals surface area contributed by atoms with Crippen LogP contribution < -0.4 is 16.4 Å². The predicted octanol–water partition coefficient (Wildman–Crippen LogP) is 1.39. The highest BCUT2D eigenvalue weighted by Gasteiger charge is 2.29. The summed E-state index contributed by atoms with van der Waals surface area (Å²) in [5.41, 5.74) is 7.64. The third kappa shape index (κ3) is 5.00. The van der Waals surface area contributed by atoms with Gasteiger partial charge in [-0.3, -0.25) is 9.59 Å². The zero-order valence-corrected chi connectivity index (χ0v) is 13.6. The molecule has 22 heavy (non-hydrogen) atoms. The number of carbonyl (C=O) groups excluding carboxylic acids is 2. The minimum absolute atomic E-state index is 0. The molecule has 0 spiro atoms. The first-order chi connectivity index (χ1) is 10.1. The molecule has 0 heterocycles. The summed E-state index contributed by atoms with van der Waals surface area (Å²) in [4.78, 5) is 23.8. The molecule has 4 N–H and O–H groups in total. The fourth-order valence-corrected chi connectivity index (χ4v) is 2.61. The van der Waals surface area contributed by atoms with E-state index in [9.17, 15) is 9.59 Å². The lowest BCUT2D eigenvalue weighted by molar-refractivity contribution is -0.125. The van der Waals surface area contributed by atoms with Crippen molar-refractivity contribution in [3.8, 4) is 0 Å². The van der Waals surface area contributed by atoms with Gasteiger partial charge in [0.2, 0.25) is 5.91 Å². The minimum atomic E-state index is -0.123. The van der Waals surface area contributed by atoms with Gasteiger partial charge in [0.25, 0.3) is 5.91 Å². The topological polar surface area (TPSA) is 84.2 Å². The second kappa shape index (κ2) is 8.76. The van der Waals surface area contributed by atoms with Crippen LogP contribution in [0.3, 0.4) is 0 Å². The quantitative estimate of drug-likeness (QED) is 0.715. The molecule has 1 aromatic rings. The Morgan fingerprint density at radius 3 is 2.36 bits per heavy atom. The number of carbonyl (C=O) groups is 2. The molecule has 2 atom stereocenters. The molecule has 0 bridgehead atoms. The Hall–Kier alpha value is -1.59. The monoisotopic (exact) mass is 325 g/mol. The minimum Gasteiger partial charge on any atom is -0.354 e. The largest absolute Gasteiger partial charge is 0.354 e. The molecule has 0 aliphatic heterocycles. The smallest absolute Gasteiger partial charge is 0.251 e. The second-order valence-electron chi connectivity index (χ2n) is 5.61. The van der Waals surface area contributed by atoms with Crippen LogP contribution in [-0.2, 0) is 4.79 Å². The molecule has 0 saturated heterocycles. The van der Waals surface area contributed by atoms with E-state index in [1.54, 1.807) is 12.1 Å². The summed E-state index contributed by atoms with van der Waals surface area (Å²) in [5.74, 6) is -0.191. The molecule has 5 nitrogen and oxygen atoms in total. The van der Waals surface area contributed by atoms with Gasteiger partial charge in [0.05, 0.1) is 5.92 Å². The van der Waals surface area contributed by atoms with E-state index in [1.165, 1.54) is 0 Å². The van der Waals surface area contributed by atoms with Crippen molar-refractivity contribution in [2.24, 2.45) is 11.7 Å². The van der Waals surface area contributed by atoms with E-state index in [0.717, 1.165) is 24.8 Å². The van der Waals surface area contributed by atoms with Gasteiger partial charge >= 0.3 is 0 Å². The molecule has 0 radical (unpaired) electrons. The summed E-state index contributed by atoms with van der Waals surface area (Å²) >= 11 is 0. The Morgan fingerprint density at radius 2 is 1.77 bits per heavy atom. The van der Waals surface area contributed by atoms with Crippen LogP contribution in [0, 0.1) is 12.8 Å². The highest BCUT2D eigenvalue weighted by molar-refractivity contribution is 5.94. The van der Waals surface area contributed by atoms with Crippen molar-refractivity contribution >= 4 is 24.2 Å². The lowest BCUT2D eigenvalue weighted by atomic mass is 10.0.